The number of aliphatic hydroxyl groups is 1. The molecule has 2 fully saturated rings. The third-order valence-electron chi connectivity index (χ3n) is 3.73. The molecule has 7 nitrogen and oxygen atoms in total. The number of hydrogen-bond donors (Lipinski definition) is 2. The predicted molar refractivity (Wildman–Crippen MR) is 77.2 cm³/mol. The summed E-state index contributed by atoms with van der Waals surface area (Å²) < 4.78 is 12.6. The Balaban J connectivity index is 0.000000194. The van der Waals surface area contributed by atoms with Crippen molar-refractivity contribution in [2.24, 2.45) is 5.73 Å². The number of rotatable bonds is 2. The van der Waals surface area contributed by atoms with Crippen molar-refractivity contribution in [3.05, 3.63) is 12.7 Å². The van der Waals surface area contributed by atoms with Crippen molar-refractivity contribution in [3.63, 3.8) is 0 Å². The number of aliphatic hydroxyl groups excluding tert-OH is 1. The van der Waals surface area contributed by atoms with Crippen molar-refractivity contribution in [2.45, 2.75) is 70.1 Å². The van der Waals surface area contributed by atoms with Crippen LogP contribution in [0.4, 0.5) is 0 Å². The molecular weight excluding hydrogens is 272 g/mol. The van der Waals surface area contributed by atoms with Crippen LogP contribution >= 0.6 is 0 Å². The molecule has 0 amide bonds. The van der Waals surface area contributed by atoms with E-state index in [9.17, 15) is 0 Å². The molecule has 2 heterocycles. The summed E-state index contributed by atoms with van der Waals surface area (Å²) in [6.45, 7) is 4.20. The van der Waals surface area contributed by atoms with E-state index in [1.54, 1.807) is 11.0 Å². The minimum Gasteiger partial charge on any atom is -0.393 e. The molecule has 0 aromatic carbocycles. The quantitative estimate of drug-likeness (QED) is 0.851. The maximum Gasteiger partial charge on any atom is 0.163 e. The van der Waals surface area contributed by atoms with Crippen LogP contribution < -0.4 is 5.73 Å². The Morgan fingerprint density at radius 3 is 2.48 bits per heavy atom. The molecule has 0 bridgehead atoms. The number of aromatic nitrogens is 3. The van der Waals surface area contributed by atoms with E-state index in [-0.39, 0.29) is 18.4 Å². The van der Waals surface area contributed by atoms with Crippen LogP contribution in [-0.4, -0.2) is 44.5 Å². The molecule has 0 spiro atoms. The lowest BCUT2D eigenvalue weighted by molar-refractivity contribution is -0.143. The van der Waals surface area contributed by atoms with Crippen LogP contribution in [0.15, 0.2) is 12.7 Å². The van der Waals surface area contributed by atoms with Gasteiger partial charge in [-0.25, -0.2) is 9.67 Å². The van der Waals surface area contributed by atoms with Crippen LogP contribution in [0, 0.1) is 0 Å². The molecule has 1 unspecified atom stereocenters. The molecular formula is C14H26N4O3. The number of nitrogens with zero attached hydrogens (tertiary/aromatic N) is 3. The first-order valence-electron chi connectivity index (χ1n) is 7.57. The van der Waals surface area contributed by atoms with Gasteiger partial charge in [0.25, 0.3) is 0 Å². The van der Waals surface area contributed by atoms with E-state index in [1.807, 2.05) is 13.8 Å². The maximum absolute atomic E-state index is 8.91. The van der Waals surface area contributed by atoms with Gasteiger partial charge in [0.05, 0.1) is 12.7 Å². The number of nitrogens with two attached hydrogens (primary N) is 1. The average molecular weight is 298 g/mol. The van der Waals surface area contributed by atoms with Crippen LogP contribution in [0.25, 0.3) is 0 Å². The van der Waals surface area contributed by atoms with Crippen molar-refractivity contribution in [1.29, 1.82) is 0 Å². The fourth-order valence-electron chi connectivity index (χ4n) is 2.51. The second-order valence-corrected chi connectivity index (χ2v) is 6.03. The molecule has 2 atom stereocenters. The zero-order valence-electron chi connectivity index (χ0n) is 12.8. The molecule has 3 N–H and O–H groups in total. The molecule has 1 aromatic heterocycles. The summed E-state index contributed by atoms with van der Waals surface area (Å²) in [7, 11) is 0. The van der Waals surface area contributed by atoms with Gasteiger partial charge in [-0.3, -0.25) is 0 Å². The highest BCUT2D eigenvalue weighted by molar-refractivity contribution is 4.78. The molecule has 1 saturated carbocycles. The highest BCUT2D eigenvalue weighted by Gasteiger charge is 2.36. The Morgan fingerprint density at radius 2 is 2.05 bits per heavy atom. The summed E-state index contributed by atoms with van der Waals surface area (Å²) in [5.74, 6) is -0.553. The first kappa shape index (κ1) is 16.4. The molecule has 1 aliphatic heterocycles. The zero-order chi connectivity index (χ0) is 15.3. The van der Waals surface area contributed by atoms with Crippen LogP contribution in [0.5, 0.6) is 0 Å². The summed E-state index contributed by atoms with van der Waals surface area (Å²) >= 11 is 0. The Labute approximate surface area is 125 Å². The first-order chi connectivity index (χ1) is 9.98. The lowest BCUT2D eigenvalue weighted by Gasteiger charge is -2.20. The summed E-state index contributed by atoms with van der Waals surface area (Å²) in [5.41, 5.74) is 5.92. The van der Waals surface area contributed by atoms with Gasteiger partial charge < -0.3 is 20.3 Å². The third-order valence-corrected chi connectivity index (χ3v) is 3.73. The van der Waals surface area contributed by atoms with E-state index >= 15 is 0 Å². The van der Waals surface area contributed by atoms with E-state index in [0.717, 1.165) is 12.8 Å². The summed E-state index contributed by atoms with van der Waals surface area (Å²) in [4.78, 5) is 3.83. The lowest BCUT2D eigenvalue weighted by atomic mass is 9.98. The van der Waals surface area contributed by atoms with Crippen molar-refractivity contribution in [1.82, 2.24) is 14.8 Å². The third kappa shape index (κ3) is 5.03. The molecule has 1 aromatic rings. The van der Waals surface area contributed by atoms with Gasteiger partial charge in [0, 0.05) is 0 Å². The summed E-state index contributed by atoms with van der Waals surface area (Å²) in [5, 5.41) is 12.9. The Bertz CT molecular complexity index is 404. The van der Waals surface area contributed by atoms with E-state index in [1.165, 1.54) is 25.6 Å². The van der Waals surface area contributed by atoms with Crippen molar-refractivity contribution < 1.29 is 14.6 Å². The second kappa shape index (κ2) is 7.31. The zero-order valence-corrected chi connectivity index (χ0v) is 12.8. The topological polar surface area (TPSA) is 95.4 Å². The highest BCUT2D eigenvalue weighted by atomic mass is 16.7. The van der Waals surface area contributed by atoms with Gasteiger partial charge in [-0.15, -0.1) is 0 Å². The van der Waals surface area contributed by atoms with E-state index < -0.39 is 5.79 Å². The standard InChI is InChI=1S/C8H14N4O2.C6H12O/c1-8(2)13-3-6(14-8)7(9)12-5-10-4-11-12;7-6-4-2-1-3-5-6/h4-7H,3,9H2,1-2H3;6-7H,1-5H2/t6-,7?;/m1./s1. The smallest absolute Gasteiger partial charge is 0.163 e. The fourth-order valence-corrected chi connectivity index (χ4v) is 2.51. The minimum absolute atomic E-state index is 0.0359. The average Bonchev–Trinajstić information content (AvgIpc) is 3.09. The van der Waals surface area contributed by atoms with Gasteiger partial charge in [-0.2, -0.15) is 5.10 Å². The Hall–Kier alpha value is -1.02. The first-order valence-corrected chi connectivity index (χ1v) is 7.57. The van der Waals surface area contributed by atoms with E-state index in [2.05, 4.69) is 10.1 Å². The molecule has 7 heteroatoms. The Morgan fingerprint density at radius 1 is 1.33 bits per heavy atom. The molecule has 1 aliphatic carbocycles. The van der Waals surface area contributed by atoms with Crippen LogP contribution in [-0.2, 0) is 9.47 Å². The van der Waals surface area contributed by atoms with Gasteiger partial charge >= 0.3 is 0 Å². The van der Waals surface area contributed by atoms with Gasteiger partial charge in [0.15, 0.2) is 5.79 Å². The number of ether oxygens (including phenoxy) is 2. The van der Waals surface area contributed by atoms with Crippen molar-refractivity contribution >= 4 is 0 Å². The van der Waals surface area contributed by atoms with Crippen LogP contribution in [0.3, 0.4) is 0 Å². The molecule has 1 saturated heterocycles. The molecule has 2 aliphatic rings. The largest absolute Gasteiger partial charge is 0.393 e. The predicted octanol–water partition coefficient (Wildman–Crippen LogP) is 1.20. The molecule has 21 heavy (non-hydrogen) atoms. The van der Waals surface area contributed by atoms with Crippen molar-refractivity contribution in [2.75, 3.05) is 6.61 Å². The monoisotopic (exact) mass is 298 g/mol. The summed E-state index contributed by atoms with van der Waals surface area (Å²) in [6.07, 6.45) is 8.42. The summed E-state index contributed by atoms with van der Waals surface area (Å²) in [6, 6.07) is 0. The minimum atomic E-state index is -0.553. The lowest BCUT2D eigenvalue weighted by Crippen LogP contribution is -2.35. The fraction of sp³-hybridized carbons (Fsp3) is 0.857. The molecule has 120 valence electrons. The van der Waals surface area contributed by atoms with E-state index in [0.29, 0.717) is 6.61 Å². The molecule has 3 rings (SSSR count). The highest BCUT2D eigenvalue weighted by Crippen LogP contribution is 2.26. The van der Waals surface area contributed by atoms with Crippen LogP contribution in [0.2, 0.25) is 0 Å². The van der Waals surface area contributed by atoms with E-state index in [4.69, 9.17) is 20.3 Å². The van der Waals surface area contributed by atoms with Gasteiger partial charge in [-0.1, -0.05) is 19.3 Å². The van der Waals surface area contributed by atoms with Gasteiger partial charge in [0.2, 0.25) is 0 Å². The normalized spacial score (nSPS) is 27.0. The molecule has 0 radical (unpaired) electrons. The maximum atomic E-state index is 8.91. The second-order valence-electron chi connectivity index (χ2n) is 6.03. The Kier molecular flexibility index (Phi) is 5.69. The SMILES string of the molecule is CC1(C)OC[C@H](C(N)n2cncn2)O1.OC1CCCCC1. The van der Waals surface area contributed by atoms with Crippen LogP contribution in [0.1, 0.15) is 52.1 Å². The number of hydrogen-bond acceptors (Lipinski definition) is 6. The van der Waals surface area contributed by atoms with Crippen molar-refractivity contribution in [3.8, 4) is 0 Å². The van der Waals surface area contributed by atoms with Gasteiger partial charge in [-0.05, 0) is 26.7 Å². The van der Waals surface area contributed by atoms with Gasteiger partial charge in [0.1, 0.15) is 24.9 Å².